The molecular weight excluding hydrogens is 428 g/mol. The van der Waals surface area contributed by atoms with Crippen LogP contribution in [-0.4, -0.2) is 26.0 Å². The van der Waals surface area contributed by atoms with E-state index in [-0.39, 0.29) is 10.9 Å². The maximum Gasteiger partial charge on any atom is 0.243 e. The molecule has 1 aromatic rings. The van der Waals surface area contributed by atoms with Gasteiger partial charge in [0.1, 0.15) is 4.90 Å². The average Bonchev–Trinajstić information content (AvgIpc) is 2.73. The topological polar surface area (TPSA) is 72.2 Å². The van der Waals surface area contributed by atoms with Crippen molar-refractivity contribution in [3.8, 4) is 0 Å². The Kier molecular flexibility index (Phi) is 5.45. The minimum Gasteiger partial charge on any atom is -0.399 e. The summed E-state index contributed by atoms with van der Waals surface area (Å²) in [6, 6.07) is 3.20. The molecule has 0 aromatic heterocycles. The third-order valence-corrected chi connectivity index (χ3v) is 7.82. The molecule has 3 N–H and O–H groups in total. The van der Waals surface area contributed by atoms with Crippen LogP contribution in [0.1, 0.15) is 19.3 Å². The third kappa shape index (κ3) is 3.71. The lowest BCUT2D eigenvalue weighted by molar-refractivity contribution is 0.551. The molecule has 0 aliphatic heterocycles. The lowest BCUT2D eigenvalue weighted by Crippen LogP contribution is -2.33. The van der Waals surface area contributed by atoms with Gasteiger partial charge in [0.05, 0.1) is 0 Å². The first-order valence-corrected chi connectivity index (χ1v) is 10.5. The van der Waals surface area contributed by atoms with Gasteiger partial charge in [-0.15, -0.1) is 0 Å². The van der Waals surface area contributed by atoms with Crippen LogP contribution in [0.4, 0.5) is 5.69 Å². The molecule has 1 aliphatic carbocycles. The second-order valence-corrected chi connectivity index (χ2v) is 9.30. The molecule has 0 amide bonds. The van der Waals surface area contributed by atoms with Gasteiger partial charge >= 0.3 is 0 Å². The molecule has 4 nitrogen and oxygen atoms in total. The number of hydrogen-bond acceptors (Lipinski definition) is 4. The van der Waals surface area contributed by atoms with Crippen LogP contribution in [0.25, 0.3) is 0 Å². The van der Waals surface area contributed by atoms with Gasteiger partial charge in [-0.25, -0.2) is 13.1 Å². The highest BCUT2D eigenvalue weighted by Crippen LogP contribution is 2.34. The average molecular weight is 444 g/mol. The standard InChI is InChI=1S/C12H16Br2N2O2S2/c1-19-9-3-2-8(6-9)16-20(17,18)12-10(13)4-7(15)5-11(12)14/h4-5,8-9,16H,2-3,6,15H2,1H3. The summed E-state index contributed by atoms with van der Waals surface area (Å²) in [4.78, 5) is 0.208. The Morgan fingerprint density at radius 2 is 1.90 bits per heavy atom. The highest BCUT2D eigenvalue weighted by Gasteiger charge is 2.30. The van der Waals surface area contributed by atoms with E-state index in [9.17, 15) is 8.42 Å². The first-order valence-electron chi connectivity index (χ1n) is 6.13. The molecule has 8 heteroatoms. The highest BCUT2D eigenvalue weighted by molar-refractivity contribution is 9.11. The summed E-state index contributed by atoms with van der Waals surface area (Å²) in [5.41, 5.74) is 6.20. The number of nitrogen functional groups attached to an aromatic ring is 1. The maximum absolute atomic E-state index is 12.5. The molecule has 20 heavy (non-hydrogen) atoms. The van der Waals surface area contributed by atoms with Gasteiger partial charge in [-0.1, -0.05) is 0 Å². The second kappa shape index (κ2) is 6.56. The number of thioether (sulfide) groups is 1. The molecule has 0 spiro atoms. The van der Waals surface area contributed by atoms with Crippen LogP contribution in [-0.2, 0) is 10.0 Å². The van der Waals surface area contributed by atoms with Gasteiger partial charge < -0.3 is 5.73 Å². The zero-order valence-electron chi connectivity index (χ0n) is 10.9. The summed E-state index contributed by atoms with van der Waals surface area (Å²) < 4.78 is 28.8. The molecular formula is C12H16Br2N2O2S2. The second-order valence-electron chi connectivity index (χ2n) is 4.80. The van der Waals surface area contributed by atoms with E-state index in [2.05, 4.69) is 42.8 Å². The highest BCUT2D eigenvalue weighted by atomic mass is 79.9. The van der Waals surface area contributed by atoms with Crippen LogP contribution >= 0.6 is 43.6 Å². The Morgan fingerprint density at radius 1 is 1.30 bits per heavy atom. The molecule has 112 valence electrons. The predicted octanol–water partition coefficient (Wildman–Crippen LogP) is 3.36. The first kappa shape index (κ1) is 16.6. The van der Waals surface area contributed by atoms with E-state index in [1.165, 1.54) is 0 Å². The fraction of sp³-hybridized carbons (Fsp3) is 0.500. The summed E-state index contributed by atoms with van der Waals surface area (Å²) in [6.45, 7) is 0. The number of halogens is 2. The van der Waals surface area contributed by atoms with Gasteiger partial charge in [0, 0.05) is 25.9 Å². The fourth-order valence-electron chi connectivity index (χ4n) is 2.38. The Balaban J connectivity index is 2.24. The molecule has 0 saturated heterocycles. The molecule has 0 heterocycles. The molecule has 0 bridgehead atoms. The van der Waals surface area contributed by atoms with Crippen molar-refractivity contribution in [2.45, 2.75) is 35.4 Å². The minimum absolute atomic E-state index is 0.00815. The van der Waals surface area contributed by atoms with Crippen LogP contribution in [0.15, 0.2) is 26.0 Å². The number of rotatable bonds is 4. The van der Waals surface area contributed by atoms with Crippen LogP contribution in [0.3, 0.4) is 0 Å². The largest absolute Gasteiger partial charge is 0.399 e. The van der Waals surface area contributed by atoms with Gasteiger partial charge in [0.2, 0.25) is 10.0 Å². The van der Waals surface area contributed by atoms with Crippen molar-refractivity contribution in [2.75, 3.05) is 12.0 Å². The van der Waals surface area contributed by atoms with Crippen molar-refractivity contribution in [1.29, 1.82) is 0 Å². The summed E-state index contributed by atoms with van der Waals surface area (Å²) in [5, 5.41) is 0.543. The zero-order chi connectivity index (χ0) is 14.9. The van der Waals surface area contributed by atoms with E-state index in [0.29, 0.717) is 19.9 Å². The number of nitrogens with one attached hydrogen (secondary N) is 1. The fourth-order valence-corrected chi connectivity index (χ4v) is 7.07. The summed E-state index contributed by atoms with van der Waals surface area (Å²) in [7, 11) is -3.56. The Labute approximate surface area is 140 Å². The van der Waals surface area contributed by atoms with Crippen molar-refractivity contribution in [2.24, 2.45) is 0 Å². The van der Waals surface area contributed by atoms with Crippen molar-refractivity contribution >= 4 is 59.3 Å². The van der Waals surface area contributed by atoms with Crippen LogP contribution < -0.4 is 10.5 Å². The summed E-state index contributed by atoms with van der Waals surface area (Å²) in [5.74, 6) is 0. The molecule has 0 radical (unpaired) electrons. The molecule has 2 unspecified atom stereocenters. The minimum atomic E-state index is -3.56. The van der Waals surface area contributed by atoms with Crippen LogP contribution in [0.5, 0.6) is 0 Å². The molecule has 2 rings (SSSR count). The normalized spacial score (nSPS) is 23.1. The van der Waals surface area contributed by atoms with Crippen LogP contribution in [0.2, 0.25) is 0 Å². The van der Waals surface area contributed by atoms with Gasteiger partial charge in [0.25, 0.3) is 0 Å². The van der Waals surface area contributed by atoms with Gasteiger partial charge in [0.15, 0.2) is 0 Å². The van der Waals surface area contributed by atoms with Crippen molar-refractivity contribution in [3.63, 3.8) is 0 Å². The number of sulfonamides is 1. The predicted molar refractivity (Wildman–Crippen MR) is 91.5 cm³/mol. The first-order chi connectivity index (χ1) is 9.33. The Hall–Kier alpha value is 0.240. The van der Waals surface area contributed by atoms with E-state index in [0.717, 1.165) is 19.3 Å². The van der Waals surface area contributed by atoms with Gasteiger partial charge in [-0.3, -0.25) is 0 Å². The zero-order valence-corrected chi connectivity index (χ0v) is 15.7. The van der Waals surface area contributed by atoms with Crippen LogP contribution in [0, 0.1) is 0 Å². The SMILES string of the molecule is CSC1CCC(NS(=O)(=O)c2c(Br)cc(N)cc2Br)C1. The lowest BCUT2D eigenvalue weighted by atomic mass is 10.3. The lowest BCUT2D eigenvalue weighted by Gasteiger charge is -2.15. The molecule has 2 atom stereocenters. The quantitative estimate of drug-likeness (QED) is 0.699. The molecule has 1 aromatic carbocycles. The summed E-state index contributed by atoms with van der Waals surface area (Å²) in [6.07, 6.45) is 4.88. The van der Waals surface area contributed by atoms with Crippen molar-refractivity contribution < 1.29 is 8.42 Å². The maximum atomic E-state index is 12.5. The van der Waals surface area contributed by atoms with Crippen molar-refractivity contribution in [1.82, 2.24) is 4.72 Å². The monoisotopic (exact) mass is 442 g/mol. The van der Waals surface area contributed by atoms with E-state index < -0.39 is 10.0 Å². The smallest absolute Gasteiger partial charge is 0.243 e. The Bertz CT molecular complexity index is 584. The summed E-state index contributed by atoms with van der Waals surface area (Å²) >= 11 is 8.35. The van der Waals surface area contributed by atoms with Gasteiger partial charge in [-0.05, 0) is 69.5 Å². The number of anilines is 1. The molecule has 1 aliphatic rings. The van der Waals surface area contributed by atoms with E-state index >= 15 is 0 Å². The number of hydrogen-bond donors (Lipinski definition) is 2. The molecule has 1 fully saturated rings. The van der Waals surface area contributed by atoms with Crippen molar-refractivity contribution in [3.05, 3.63) is 21.1 Å². The number of nitrogens with two attached hydrogens (primary N) is 1. The molecule has 1 saturated carbocycles. The van der Waals surface area contributed by atoms with E-state index in [4.69, 9.17) is 5.73 Å². The number of benzene rings is 1. The van der Waals surface area contributed by atoms with Gasteiger partial charge in [-0.2, -0.15) is 11.8 Å². The Morgan fingerprint density at radius 3 is 2.40 bits per heavy atom. The third-order valence-electron chi connectivity index (χ3n) is 3.33. The van der Waals surface area contributed by atoms with E-state index in [1.807, 2.05) is 0 Å². The van der Waals surface area contributed by atoms with E-state index in [1.54, 1.807) is 23.9 Å².